The van der Waals surface area contributed by atoms with Crippen LogP contribution in [0.2, 0.25) is 0 Å². The minimum absolute atomic E-state index is 0.103. The van der Waals surface area contributed by atoms with Gasteiger partial charge in [0, 0.05) is 12.6 Å². The maximum Gasteiger partial charge on any atom is 0.250 e. The molecule has 0 spiro atoms. The van der Waals surface area contributed by atoms with E-state index in [0.29, 0.717) is 10.8 Å². The van der Waals surface area contributed by atoms with Crippen LogP contribution in [-0.2, 0) is 16.6 Å². The van der Waals surface area contributed by atoms with Crippen LogP contribution in [0.25, 0.3) is 0 Å². The molecule has 2 rings (SSSR count). The largest absolute Gasteiger partial charge is 0.316 e. The van der Waals surface area contributed by atoms with E-state index in [-0.39, 0.29) is 6.04 Å². The average Bonchev–Trinajstić information content (AvgIpc) is 2.80. The van der Waals surface area contributed by atoms with Gasteiger partial charge in [-0.15, -0.1) is 11.3 Å². The molecular weight excluding hydrogens is 288 g/mol. The molecule has 1 aromatic heterocycles. The third kappa shape index (κ3) is 3.71. The first-order valence-electron chi connectivity index (χ1n) is 5.94. The third-order valence-electron chi connectivity index (χ3n) is 2.82. The molecule has 1 saturated heterocycles. The van der Waals surface area contributed by atoms with Crippen LogP contribution in [0.1, 0.15) is 18.4 Å². The molecule has 2 N–H and O–H groups in total. The molecule has 0 atom stereocenters. The van der Waals surface area contributed by atoms with E-state index in [1.165, 1.54) is 11.3 Å². The lowest BCUT2D eigenvalue weighted by atomic mass is 10.2. The molecule has 0 saturated carbocycles. The predicted molar refractivity (Wildman–Crippen MR) is 77.8 cm³/mol. The van der Waals surface area contributed by atoms with Gasteiger partial charge in [0.15, 0.2) is 0 Å². The van der Waals surface area contributed by atoms with Crippen molar-refractivity contribution in [3.63, 3.8) is 0 Å². The molecule has 0 unspecified atom stereocenters. The van der Waals surface area contributed by atoms with E-state index in [2.05, 4.69) is 10.0 Å². The Morgan fingerprint density at radius 2 is 2.11 bits per heavy atom. The molecule has 7 heteroatoms. The molecule has 1 aliphatic heterocycles. The second kappa shape index (κ2) is 6.38. The number of sulfonamides is 1. The molecule has 1 fully saturated rings. The zero-order valence-electron chi connectivity index (χ0n) is 10.3. The number of hydrogen-bond acceptors (Lipinski definition) is 5. The Kier molecular flexibility index (Phi) is 5.08. The van der Waals surface area contributed by atoms with Gasteiger partial charge in [0.2, 0.25) is 10.0 Å². The summed E-state index contributed by atoms with van der Waals surface area (Å²) in [6.07, 6.45) is 1.86. The lowest BCUT2D eigenvalue weighted by Gasteiger charge is -2.21. The summed E-state index contributed by atoms with van der Waals surface area (Å²) in [5.74, 6) is 2.09. The van der Waals surface area contributed by atoms with Crippen molar-refractivity contribution < 1.29 is 8.42 Å². The van der Waals surface area contributed by atoms with Gasteiger partial charge in [-0.2, -0.15) is 11.8 Å². The minimum atomic E-state index is -3.33. The van der Waals surface area contributed by atoms with Gasteiger partial charge in [0.25, 0.3) is 0 Å². The van der Waals surface area contributed by atoms with E-state index in [9.17, 15) is 8.42 Å². The van der Waals surface area contributed by atoms with Crippen molar-refractivity contribution in [3.8, 4) is 0 Å². The summed E-state index contributed by atoms with van der Waals surface area (Å²) in [6.45, 7) is 0.700. The monoisotopic (exact) mass is 306 g/mol. The first kappa shape index (κ1) is 14.3. The van der Waals surface area contributed by atoms with E-state index in [4.69, 9.17) is 0 Å². The molecule has 0 radical (unpaired) electrons. The molecule has 0 aromatic carbocycles. The second-order valence-corrected chi connectivity index (χ2v) is 8.39. The molecular formula is C11H18N2O2S3. The summed E-state index contributed by atoms with van der Waals surface area (Å²) in [4.78, 5) is 0. The quantitative estimate of drug-likeness (QED) is 0.868. The maximum atomic E-state index is 12.2. The van der Waals surface area contributed by atoms with Gasteiger partial charge < -0.3 is 5.32 Å². The molecule has 2 heterocycles. The van der Waals surface area contributed by atoms with Crippen LogP contribution in [0.5, 0.6) is 0 Å². The van der Waals surface area contributed by atoms with Crippen molar-refractivity contribution in [1.29, 1.82) is 0 Å². The van der Waals surface area contributed by atoms with E-state index in [0.717, 1.165) is 29.9 Å². The van der Waals surface area contributed by atoms with Gasteiger partial charge >= 0.3 is 0 Å². The van der Waals surface area contributed by atoms with Crippen LogP contribution in [0.15, 0.2) is 15.7 Å². The van der Waals surface area contributed by atoms with Crippen molar-refractivity contribution in [3.05, 3.63) is 17.0 Å². The summed E-state index contributed by atoms with van der Waals surface area (Å²) < 4.78 is 27.6. The molecule has 102 valence electrons. The van der Waals surface area contributed by atoms with Crippen LogP contribution >= 0.6 is 23.1 Å². The molecule has 0 amide bonds. The zero-order chi connectivity index (χ0) is 13.0. The fraction of sp³-hybridized carbons (Fsp3) is 0.636. The van der Waals surface area contributed by atoms with E-state index < -0.39 is 10.0 Å². The van der Waals surface area contributed by atoms with Crippen LogP contribution < -0.4 is 10.0 Å². The Hall–Kier alpha value is -0.0800. The van der Waals surface area contributed by atoms with Crippen LogP contribution in [0, 0.1) is 0 Å². The van der Waals surface area contributed by atoms with Crippen LogP contribution in [0.4, 0.5) is 0 Å². The predicted octanol–water partition coefficient (Wildman–Crippen LogP) is 1.64. The van der Waals surface area contributed by atoms with E-state index >= 15 is 0 Å². The molecule has 0 bridgehead atoms. The van der Waals surface area contributed by atoms with Gasteiger partial charge in [0.05, 0.1) is 0 Å². The summed E-state index contributed by atoms with van der Waals surface area (Å²) in [5.41, 5.74) is 1.02. The summed E-state index contributed by atoms with van der Waals surface area (Å²) >= 11 is 3.18. The fourth-order valence-electron chi connectivity index (χ4n) is 1.88. The number of thioether (sulfide) groups is 1. The fourth-order valence-corrected chi connectivity index (χ4v) is 5.52. The van der Waals surface area contributed by atoms with Crippen molar-refractivity contribution >= 4 is 33.1 Å². The summed E-state index contributed by atoms with van der Waals surface area (Å²) in [5, 5.41) is 4.91. The number of rotatable bonds is 5. The van der Waals surface area contributed by atoms with Gasteiger partial charge in [0.1, 0.15) is 4.21 Å². The molecule has 1 aliphatic rings. The minimum Gasteiger partial charge on any atom is -0.316 e. The number of hydrogen-bond donors (Lipinski definition) is 2. The summed E-state index contributed by atoms with van der Waals surface area (Å²) in [7, 11) is -1.47. The number of nitrogens with one attached hydrogen (secondary N) is 2. The Morgan fingerprint density at radius 1 is 1.39 bits per heavy atom. The smallest absolute Gasteiger partial charge is 0.250 e. The van der Waals surface area contributed by atoms with Gasteiger partial charge in [-0.3, -0.25) is 0 Å². The van der Waals surface area contributed by atoms with Crippen molar-refractivity contribution in [2.45, 2.75) is 29.6 Å². The lowest BCUT2D eigenvalue weighted by molar-refractivity contribution is 0.530. The Bertz CT molecular complexity index is 478. The van der Waals surface area contributed by atoms with E-state index in [1.807, 2.05) is 24.2 Å². The molecule has 4 nitrogen and oxygen atoms in total. The van der Waals surface area contributed by atoms with Crippen LogP contribution in [0.3, 0.4) is 0 Å². The van der Waals surface area contributed by atoms with Gasteiger partial charge in [-0.05, 0) is 48.4 Å². The highest BCUT2D eigenvalue weighted by atomic mass is 32.2. The first-order valence-corrected chi connectivity index (χ1v) is 9.45. The third-order valence-corrected chi connectivity index (χ3v) is 6.88. The van der Waals surface area contributed by atoms with Gasteiger partial charge in [-0.25, -0.2) is 13.1 Å². The van der Waals surface area contributed by atoms with Crippen molar-refractivity contribution in [2.24, 2.45) is 0 Å². The van der Waals surface area contributed by atoms with Gasteiger partial charge in [-0.1, -0.05) is 0 Å². The molecule has 0 aliphatic carbocycles. The van der Waals surface area contributed by atoms with Crippen molar-refractivity contribution in [1.82, 2.24) is 10.0 Å². The number of thiophene rings is 1. The van der Waals surface area contributed by atoms with Crippen LogP contribution in [-0.4, -0.2) is 33.0 Å². The molecule has 1 aromatic rings. The first-order chi connectivity index (χ1) is 8.62. The Balaban J connectivity index is 2.04. The highest BCUT2D eigenvalue weighted by Gasteiger charge is 2.23. The second-order valence-electron chi connectivity index (χ2n) is 4.31. The van der Waals surface area contributed by atoms with E-state index in [1.54, 1.807) is 6.07 Å². The standard InChI is InChI=1S/C11H18N2O2S3/c1-12-7-9-6-11(17-8-9)18(14,15)13-10-2-4-16-5-3-10/h6,8,10,12-13H,2-5,7H2,1H3. The highest BCUT2D eigenvalue weighted by Crippen LogP contribution is 2.23. The highest BCUT2D eigenvalue weighted by molar-refractivity contribution is 7.99. The summed E-state index contributed by atoms with van der Waals surface area (Å²) in [6, 6.07) is 1.85. The zero-order valence-corrected chi connectivity index (χ0v) is 12.8. The lowest BCUT2D eigenvalue weighted by Crippen LogP contribution is -2.36. The topological polar surface area (TPSA) is 58.2 Å². The normalized spacial score (nSPS) is 18.1. The Morgan fingerprint density at radius 3 is 2.78 bits per heavy atom. The van der Waals surface area contributed by atoms with Crippen molar-refractivity contribution in [2.75, 3.05) is 18.6 Å². The average molecular weight is 306 g/mol. The molecule has 18 heavy (non-hydrogen) atoms. The maximum absolute atomic E-state index is 12.2. The Labute approximate surface area is 117 Å². The SMILES string of the molecule is CNCc1csc(S(=O)(=O)NC2CCSCC2)c1.